The summed E-state index contributed by atoms with van der Waals surface area (Å²) in [6, 6.07) is 0. The second-order valence-electron chi connectivity index (χ2n) is 1.46. The third kappa shape index (κ3) is 1.27. The van der Waals surface area contributed by atoms with E-state index in [1.165, 1.54) is 0 Å². The molecule has 36 valence electrons. The van der Waals surface area contributed by atoms with Crippen LogP contribution in [0.5, 0.6) is 0 Å². The predicted molar refractivity (Wildman–Crippen MR) is 26.2 cm³/mol. The first-order valence-electron chi connectivity index (χ1n) is 2.24. The molecule has 0 heterocycles. The molecular formula is C5H7NTi. The Morgan fingerprint density at radius 1 is 1.29 bits per heavy atom. The molecule has 1 aliphatic rings. The molecule has 7 heavy (non-hydrogen) atoms. The number of allylic oxidation sites excluding steroid dienone is 4. The van der Waals surface area contributed by atoms with Crippen molar-refractivity contribution in [2.45, 2.75) is 4.22 Å². The van der Waals surface area contributed by atoms with E-state index in [0.29, 0.717) is 4.22 Å². The van der Waals surface area contributed by atoms with Crippen LogP contribution in [0.2, 0.25) is 4.22 Å². The van der Waals surface area contributed by atoms with Crippen LogP contribution in [-0.4, -0.2) is 0 Å². The van der Waals surface area contributed by atoms with Gasteiger partial charge in [-0.2, -0.15) is 0 Å². The summed E-state index contributed by atoms with van der Waals surface area (Å²) in [6.07, 6.45) is 8.42. The van der Waals surface area contributed by atoms with Crippen molar-refractivity contribution in [2.24, 2.45) is 4.22 Å². The molecule has 0 unspecified atom stereocenters. The maximum atomic E-state index is 5.46. The molecule has 0 spiro atoms. The molecule has 0 aromatic rings. The van der Waals surface area contributed by atoms with E-state index in [1.807, 2.05) is 0 Å². The van der Waals surface area contributed by atoms with Gasteiger partial charge in [-0.25, -0.2) is 0 Å². The third-order valence-corrected chi connectivity index (χ3v) is 2.14. The van der Waals surface area contributed by atoms with Crippen LogP contribution in [-0.2, 0) is 19.4 Å². The van der Waals surface area contributed by atoms with E-state index >= 15 is 0 Å². The SMILES string of the molecule is [NH2][Ti][CH]1C=CC=C1. The zero-order valence-corrected chi connectivity index (χ0v) is 5.53. The van der Waals surface area contributed by atoms with Crippen LogP contribution in [0.1, 0.15) is 0 Å². The van der Waals surface area contributed by atoms with Gasteiger partial charge in [0, 0.05) is 0 Å². The average Bonchev–Trinajstić information content (AvgIpc) is 2.14. The molecule has 0 saturated heterocycles. The number of hydrogen-bond donors (Lipinski definition) is 1. The van der Waals surface area contributed by atoms with Gasteiger partial charge in [0.2, 0.25) is 0 Å². The van der Waals surface area contributed by atoms with Crippen LogP contribution in [0.15, 0.2) is 24.3 Å². The van der Waals surface area contributed by atoms with Gasteiger partial charge in [0.15, 0.2) is 0 Å². The topological polar surface area (TPSA) is 26.0 Å². The predicted octanol–water partition coefficient (Wildman–Crippen LogP) is 0.857. The van der Waals surface area contributed by atoms with Gasteiger partial charge in [0.25, 0.3) is 0 Å². The van der Waals surface area contributed by atoms with Gasteiger partial charge in [0.05, 0.1) is 0 Å². The second kappa shape index (κ2) is 2.46. The van der Waals surface area contributed by atoms with Gasteiger partial charge in [-0.3, -0.25) is 0 Å². The number of rotatable bonds is 1. The van der Waals surface area contributed by atoms with Crippen LogP contribution in [0, 0.1) is 0 Å². The Hall–Kier alpha value is 0.154. The maximum absolute atomic E-state index is 5.46. The Morgan fingerprint density at radius 2 is 1.86 bits per heavy atom. The summed E-state index contributed by atoms with van der Waals surface area (Å²) in [5, 5.41) is 0. The first kappa shape index (κ1) is 5.29. The molecule has 0 bridgehead atoms. The fraction of sp³-hybridized carbons (Fsp3) is 0.200. The Bertz CT molecular complexity index is 94.6. The van der Waals surface area contributed by atoms with Crippen LogP contribution >= 0.6 is 0 Å². The van der Waals surface area contributed by atoms with Crippen LogP contribution < -0.4 is 4.22 Å². The number of nitrogens with two attached hydrogens (primary N) is 1. The molecule has 1 nitrogen and oxygen atoms in total. The first-order valence-corrected chi connectivity index (χ1v) is 4.05. The fourth-order valence-electron chi connectivity index (χ4n) is 0.543. The van der Waals surface area contributed by atoms with Crippen molar-refractivity contribution in [3.63, 3.8) is 0 Å². The summed E-state index contributed by atoms with van der Waals surface area (Å²) in [5.74, 6) is 0. The Morgan fingerprint density at radius 3 is 2.14 bits per heavy atom. The molecule has 0 atom stereocenters. The Balaban J connectivity index is 2.44. The first-order chi connectivity index (χ1) is 3.43. The molecule has 1 rings (SSSR count). The van der Waals surface area contributed by atoms with Gasteiger partial charge in [-0.1, -0.05) is 0 Å². The molecule has 1 aliphatic carbocycles. The Kier molecular flexibility index (Phi) is 1.86. The second-order valence-corrected chi connectivity index (χ2v) is 3.02. The molecule has 2 heteroatoms. The summed E-state index contributed by atoms with van der Waals surface area (Å²) < 4.78 is 6.10. The summed E-state index contributed by atoms with van der Waals surface area (Å²) in [4.78, 5) is 0. The van der Waals surface area contributed by atoms with Gasteiger partial charge in [0.1, 0.15) is 0 Å². The zero-order chi connectivity index (χ0) is 5.11. The number of hydrogen-bond acceptors (Lipinski definition) is 1. The summed E-state index contributed by atoms with van der Waals surface area (Å²) >= 11 is -0.181. The van der Waals surface area contributed by atoms with Gasteiger partial charge < -0.3 is 0 Å². The summed E-state index contributed by atoms with van der Waals surface area (Å²) in [6.45, 7) is 0. The van der Waals surface area contributed by atoms with E-state index in [2.05, 4.69) is 24.3 Å². The molecule has 0 fully saturated rings. The zero-order valence-electron chi connectivity index (χ0n) is 3.96. The van der Waals surface area contributed by atoms with Gasteiger partial charge in [-0.05, 0) is 0 Å². The summed E-state index contributed by atoms with van der Waals surface area (Å²) in [5.41, 5.74) is 0. The molecule has 2 N–H and O–H groups in total. The third-order valence-electron chi connectivity index (χ3n) is 0.940. The standard InChI is InChI=1S/C5H5.H2N.Ti/c1-2-4-5-3-1;;/h1-5H;1H2;/q;-1;+1. The van der Waals surface area contributed by atoms with Crippen LogP contribution in [0.3, 0.4) is 0 Å². The van der Waals surface area contributed by atoms with Gasteiger partial charge >= 0.3 is 52.2 Å². The van der Waals surface area contributed by atoms with Crippen molar-refractivity contribution in [2.75, 3.05) is 0 Å². The van der Waals surface area contributed by atoms with Crippen molar-refractivity contribution < 1.29 is 19.4 Å². The van der Waals surface area contributed by atoms with Crippen molar-refractivity contribution >= 4 is 0 Å². The molecule has 0 aliphatic heterocycles. The minimum absolute atomic E-state index is 0.181. The van der Waals surface area contributed by atoms with Crippen LogP contribution in [0.4, 0.5) is 0 Å². The van der Waals surface area contributed by atoms with E-state index in [1.54, 1.807) is 0 Å². The normalized spacial score (nSPS) is 18.4. The van der Waals surface area contributed by atoms with E-state index in [9.17, 15) is 0 Å². The molecule has 0 aromatic carbocycles. The summed E-state index contributed by atoms with van der Waals surface area (Å²) in [7, 11) is 0. The Labute approximate surface area is 52.5 Å². The minimum atomic E-state index is -0.181. The quantitative estimate of drug-likeness (QED) is 0.522. The molecule has 0 radical (unpaired) electrons. The van der Waals surface area contributed by atoms with E-state index in [4.69, 9.17) is 4.22 Å². The van der Waals surface area contributed by atoms with E-state index < -0.39 is 0 Å². The monoisotopic (exact) mass is 129 g/mol. The van der Waals surface area contributed by atoms with Crippen molar-refractivity contribution in [1.82, 2.24) is 0 Å². The van der Waals surface area contributed by atoms with Crippen molar-refractivity contribution in [1.29, 1.82) is 0 Å². The molecule has 0 amide bonds. The average molecular weight is 129 g/mol. The van der Waals surface area contributed by atoms with Crippen molar-refractivity contribution in [3.05, 3.63) is 24.3 Å². The molecular weight excluding hydrogens is 122 g/mol. The molecule has 0 aromatic heterocycles. The van der Waals surface area contributed by atoms with Gasteiger partial charge in [-0.15, -0.1) is 0 Å². The van der Waals surface area contributed by atoms with E-state index in [0.717, 1.165) is 0 Å². The van der Waals surface area contributed by atoms with Crippen molar-refractivity contribution in [3.8, 4) is 0 Å². The van der Waals surface area contributed by atoms with Crippen LogP contribution in [0.25, 0.3) is 0 Å². The molecule has 0 saturated carbocycles. The fourth-order valence-corrected chi connectivity index (χ4v) is 1.24. The van der Waals surface area contributed by atoms with E-state index in [-0.39, 0.29) is 19.4 Å².